The second-order valence-electron chi connectivity index (χ2n) is 8.80. The molecule has 0 unspecified atom stereocenters. The fraction of sp³-hybridized carbons (Fsp3) is 0.591. The van der Waals surface area contributed by atoms with Crippen LogP contribution in [-0.4, -0.2) is 66.1 Å². The molecule has 31 heavy (non-hydrogen) atoms. The van der Waals surface area contributed by atoms with Crippen molar-refractivity contribution in [2.75, 3.05) is 37.6 Å². The minimum atomic E-state index is -0.495. The fourth-order valence-electron chi connectivity index (χ4n) is 3.58. The molecule has 0 aromatic heterocycles. The molecule has 172 valence electrons. The van der Waals surface area contributed by atoms with Gasteiger partial charge >= 0.3 is 6.09 Å². The van der Waals surface area contributed by atoms with Crippen LogP contribution in [0.1, 0.15) is 45.6 Å². The molecule has 8 nitrogen and oxygen atoms in total. The van der Waals surface area contributed by atoms with E-state index in [1.54, 1.807) is 4.90 Å². The lowest BCUT2D eigenvalue weighted by molar-refractivity contribution is -0.119. The molecule has 0 atom stereocenters. The van der Waals surface area contributed by atoms with Gasteiger partial charge in [0.25, 0.3) is 0 Å². The van der Waals surface area contributed by atoms with Crippen LogP contribution in [0, 0.1) is 0 Å². The third kappa shape index (κ3) is 7.26. The van der Waals surface area contributed by atoms with Gasteiger partial charge in [-0.15, -0.1) is 24.0 Å². The van der Waals surface area contributed by atoms with Gasteiger partial charge < -0.3 is 25.2 Å². The van der Waals surface area contributed by atoms with Crippen LogP contribution < -0.4 is 10.6 Å². The molecule has 0 saturated carbocycles. The zero-order valence-corrected chi connectivity index (χ0v) is 21.0. The highest BCUT2D eigenvalue weighted by Gasteiger charge is 2.26. The molecule has 2 aliphatic rings. The number of hydrogen-bond donors (Lipinski definition) is 1. The van der Waals surface area contributed by atoms with Crippen molar-refractivity contribution in [3.05, 3.63) is 29.8 Å². The smallest absolute Gasteiger partial charge is 0.410 e. The van der Waals surface area contributed by atoms with Crippen molar-refractivity contribution in [2.45, 2.75) is 52.2 Å². The van der Waals surface area contributed by atoms with Crippen molar-refractivity contribution >= 4 is 47.6 Å². The number of nitrogens with two attached hydrogens (primary N) is 1. The van der Waals surface area contributed by atoms with Crippen molar-refractivity contribution in [1.29, 1.82) is 0 Å². The summed E-state index contributed by atoms with van der Waals surface area (Å²) >= 11 is 0. The molecule has 0 bridgehead atoms. The van der Waals surface area contributed by atoms with Crippen LogP contribution in [0.25, 0.3) is 0 Å². The largest absolute Gasteiger partial charge is 0.444 e. The second-order valence-corrected chi connectivity index (χ2v) is 8.80. The Labute approximate surface area is 201 Å². The molecule has 2 aliphatic heterocycles. The Hall–Kier alpha value is -2.04. The van der Waals surface area contributed by atoms with Crippen molar-refractivity contribution in [1.82, 2.24) is 9.80 Å². The highest BCUT2D eigenvalue weighted by atomic mass is 127. The van der Waals surface area contributed by atoms with Crippen LogP contribution in [-0.2, 0) is 16.1 Å². The first kappa shape index (κ1) is 25.2. The number of aliphatic imine (C=N–C) groups is 1. The Morgan fingerprint density at radius 3 is 2.23 bits per heavy atom. The van der Waals surface area contributed by atoms with Crippen LogP contribution in [0.4, 0.5) is 10.5 Å². The lowest BCUT2D eigenvalue weighted by Crippen LogP contribution is -2.53. The van der Waals surface area contributed by atoms with E-state index in [2.05, 4.69) is 4.99 Å². The van der Waals surface area contributed by atoms with Gasteiger partial charge in [0.1, 0.15) is 5.60 Å². The number of carbonyl (C=O) groups is 2. The highest BCUT2D eigenvalue weighted by molar-refractivity contribution is 14.0. The first-order valence-electron chi connectivity index (χ1n) is 10.6. The van der Waals surface area contributed by atoms with Gasteiger partial charge in [0.2, 0.25) is 5.91 Å². The van der Waals surface area contributed by atoms with Crippen LogP contribution in [0.15, 0.2) is 29.3 Å². The third-order valence-electron chi connectivity index (χ3n) is 5.25. The van der Waals surface area contributed by atoms with Gasteiger partial charge in [0, 0.05) is 44.8 Å². The molecule has 2 saturated heterocycles. The summed E-state index contributed by atoms with van der Waals surface area (Å²) in [6.45, 7) is 9.24. The predicted molar refractivity (Wildman–Crippen MR) is 133 cm³/mol. The maximum Gasteiger partial charge on any atom is 0.410 e. The Balaban J connectivity index is 0.00000341. The number of nitrogens with zero attached hydrogens (tertiary/aromatic N) is 4. The molecule has 3 rings (SSSR count). The number of anilines is 1. The van der Waals surface area contributed by atoms with Crippen molar-refractivity contribution < 1.29 is 14.3 Å². The quantitative estimate of drug-likeness (QED) is 0.359. The molecule has 0 radical (unpaired) electrons. The van der Waals surface area contributed by atoms with Crippen LogP contribution in [0.3, 0.4) is 0 Å². The summed E-state index contributed by atoms with van der Waals surface area (Å²) in [4.78, 5) is 34.3. The molecular weight excluding hydrogens is 509 g/mol. The van der Waals surface area contributed by atoms with Crippen molar-refractivity contribution in [3.63, 3.8) is 0 Å². The lowest BCUT2D eigenvalue weighted by Gasteiger charge is -2.36. The Morgan fingerprint density at radius 2 is 1.65 bits per heavy atom. The number of guanidine groups is 1. The number of amides is 2. The summed E-state index contributed by atoms with van der Waals surface area (Å²) in [5.74, 6) is 0.677. The van der Waals surface area contributed by atoms with Crippen LogP contribution in [0.5, 0.6) is 0 Å². The van der Waals surface area contributed by atoms with E-state index in [0.717, 1.165) is 30.6 Å². The SMILES string of the molecule is CC(C)(C)OC(=O)N1CCN(C(N)=NCc2ccc(N3CCCCC3=O)cc2)CC1.I. The van der Waals surface area contributed by atoms with Crippen molar-refractivity contribution in [3.8, 4) is 0 Å². The third-order valence-corrected chi connectivity index (χ3v) is 5.25. The molecule has 1 aromatic rings. The number of carbonyl (C=O) groups excluding carboxylic acids is 2. The van der Waals surface area contributed by atoms with Gasteiger partial charge in [-0.1, -0.05) is 12.1 Å². The molecule has 9 heteroatoms. The van der Waals surface area contributed by atoms with E-state index in [1.807, 2.05) is 54.8 Å². The topological polar surface area (TPSA) is 91.5 Å². The molecule has 2 fully saturated rings. The molecule has 2 N–H and O–H groups in total. The summed E-state index contributed by atoms with van der Waals surface area (Å²) in [6, 6.07) is 7.94. The summed E-state index contributed by atoms with van der Waals surface area (Å²) < 4.78 is 5.42. The summed E-state index contributed by atoms with van der Waals surface area (Å²) in [5.41, 5.74) is 7.66. The van der Waals surface area contributed by atoms with Crippen molar-refractivity contribution in [2.24, 2.45) is 10.7 Å². The van der Waals surface area contributed by atoms with Crippen LogP contribution in [0.2, 0.25) is 0 Å². The zero-order chi connectivity index (χ0) is 21.7. The van der Waals surface area contributed by atoms with Gasteiger partial charge in [0.15, 0.2) is 5.96 Å². The number of piperidine rings is 1. The first-order valence-corrected chi connectivity index (χ1v) is 10.6. The zero-order valence-electron chi connectivity index (χ0n) is 18.7. The molecule has 2 amide bonds. The number of ether oxygens (including phenoxy) is 1. The maximum atomic E-state index is 12.2. The normalized spacial score (nSPS) is 18.0. The van der Waals surface area contributed by atoms with Gasteiger partial charge in [0.05, 0.1) is 6.54 Å². The fourth-order valence-corrected chi connectivity index (χ4v) is 3.58. The predicted octanol–water partition coefficient (Wildman–Crippen LogP) is 3.19. The van der Waals surface area contributed by atoms with E-state index in [-0.39, 0.29) is 36.0 Å². The standard InChI is InChI=1S/C22H33N5O3.HI/c1-22(2,3)30-21(29)26-14-12-25(13-15-26)20(23)24-16-17-7-9-18(10-8-17)27-11-5-4-6-19(27)28;/h7-10H,4-6,11-16H2,1-3H3,(H2,23,24);1H. The summed E-state index contributed by atoms with van der Waals surface area (Å²) in [6.07, 6.45) is 2.37. The van der Waals surface area contributed by atoms with Crippen LogP contribution >= 0.6 is 24.0 Å². The maximum absolute atomic E-state index is 12.2. The van der Waals surface area contributed by atoms with E-state index >= 15 is 0 Å². The van der Waals surface area contributed by atoms with E-state index in [4.69, 9.17) is 10.5 Å². The molecule has 2 heterocycles. The van der Waals surface area contributed by atoms with Gasteiger partial charge in [-0.25, -0.2) is 9.79 Å². The molecule has 1 aromatic carbocycles. The molecule has 0 aliphatic carbocycles. The minimum Gasteiger partial charge on any atom is -0.444 e. The number of halogens is 1. The number of piperazine rings is 1. The first-order chi connectivity index (χ1) is 14.2. The number of benzene rings is 1. The monoisotopic (exact) mass is 543 g/mol. The lowest BCUT2D eigenvalue weighted by atomic mass is 10.1. The highest BCUT2D eigenvalue weighted by Crippen LogP contribution is 2.21. The van der Waals surface area contributed by atoms with Gasteiger partial charge in [-0.05, 0) is 51.3 Å². The molecule has 0 spiro atoms. The van der Waals surface area contributed by atoms with E-state index < -0.39 is 5.60 Å². The average molecular weight is 543 g/mol. The Morgan fingerprint density at radius 1 is 1.03 bits per heavy atom. The number of rotatable bonds is 3. The van der Waals surface area contributed by atoms with Gasteiger partial charge in [-0.3, -0.25) is 4.79 Å². The summed E-state index contributed by atoms with van der Waals surface area (Å²) in [5, 5.41) is 0. The average Bonchev–Trinajstić information content (AvgIpc) is 2.72. The number of hydrogen-bond acceptors (Lipinski definition) is 4. The Bertz CT molecular complexity index is 783. The minimum absolute atomic E-state index is 0. The Kier molecular flexibility index (Phi) is 8.96. The molecular formula is C22H34IN5O3. The van der Waals surface area contributed by atoms with E-state index in [1.165, 1.54) is 0 Å². The second kappa shape index (κ2) is 11.0. The summed E-state index contributed by atoms with van der Waals surface area (Å²) in [7, 11) is 0. The van der Waals surface area contributed by atoms with E-state index in [9.17, 15) is 9.59 Å². The van der Waals surface area contributed by atoms with Gasteiger partial charge in [-0.2, -0.15) is 0 Å². The van der Waals surface area contributed by atoms with E-state index in [0.29, 0.717) is 45.1 Å².